The SMILES string of the molecule is CCC(C(=O)N1CCC(NC(=O)c2ccc(C)c(C)c2)CC1)c1ccccc1. The second-order valence-corrected chi connectivity index (χ2v) is 7.74. The first-order valence-corrected chi connectivity index (χ1v) is 10.2. The second kappa shape index (κ2) is 9.05. The molecule has 1 atom stereocenters. The predicted molar refractivity (Wildman–Crippen MR) is 112 cm³/mol. The van der Waals surface area contributed by atoms with Crippen molar-refractivity contribution in [3.8, 4) is 0 Å². The molecule has 1 fully saturated rings. The summed E-state index contributed by atoms with van der Waals surface area (Å²) in [5.41, 5.74) is 4.10. The van der Waals surface area contributed by atoms with Gasteiger partial charge in [-0.2, -0.15) is 0 Å². The Hall–Kier alpha value is -2.62. The van der Waals surface area contributed by atoms with Gasteiger partial charge in [0.05, 0.1) is 5.92 Å². The lowest BCUT2D eigenvalue weighted by atomic mass is 9.93. The maximum atomic E-state index is 13.0. The number of nitrogens with zero attached hydrogens (tertiary/aromatic N) is 1. The van der Waals surface area contributed by atoms with E-state index in [2.05, 4.69) is 12.2 Å². The fourth-order valence-corrected chi connectivity index (χ4v) is 3.85. The molecule has 1 saturated heterocycles. The van der Waals surface area contributed by atoms with Gasteiger partial charge in [0, 0.05) is 24.7 Å². The molecule has 0 bridgehead atoms. The second-order valence-electron chi connectivity index (χ2n) is 7.74. The van der Waals surface area contributed by atoms with E-state index in [0.717, 1.165) is 30.4 Å². The molecule has 1 heterocycles. The van der Waals surface area contributed by atoms with E-state index in [9.17, 15) is 9.59 Å². The first-order valence-electron chi connectivity index (χ1n) is 10.2. The van der Waals surface area contributed by atoms with Crippen LogP contribution in [0.15, 0.2) is 48.5 Å². The summed E-state index contributed by atoms with van der Waals surface area (Å²) in [6.07, 6.45) is 2.40. The van der Waals surface area contributed by atoms with Gasteiger partial charge in [-0.15, -0.1) is 0 Å². The maximum Gasteiger partial charge on any atom is 0.251 e. The number of likely N-dealkylation sites (tertiary alicyclic amines) is 1. The summed E-state index contributed by atoms with van der Waals surface area (Å²) < 4.78 is 0. The smallest absolute Gasteiger partial charge is 0.251 e. The Bertz CT molecular complexity index is 824. The van der Waals surface area contributed by atoms with E-state index in [1.54, 1.807) is 0 Å². The fourth-order valence-electron chi connectivity index (χ4n) is 3.85. The van der Waals surface area contributed by atoms with Crippen LogP contribution in [0.3, 0.4) is 0 Å². The van der Waals surface area contributed by atoms with E-state index in [1.165, 1.54) is 5.56 Å². The van der Waals surface area contributed by atoms with E-state index < -0.39 is 0 Å². The first-order chi connectivity index (χ1) is 13.5. The third-order valence-electron chi connectivity index (χ3n) is 5.82. The van der Waals surface area contributed by atoms with Crippen LogP contribution in [-0.2, 0) is 4.79 Å². The van der Waals surface area contributed by atoms with E-state index in [-0.39, 0.29) is 23.8 Å². The van der Waals surface area contributed by atoms with Gasteiger partial charge in [0.2, 0.25) is 5.91 Å². The Labute approximate surface area is 167 Å². The summed E-state index contributed by atoms with van der Waals surface area (Å²) in [5.74, 6) is 0.0964. The molecule has 1 aliphatic heterocycles. The summed E-state index contributed by atoms with van der Waals surface area (Å²) in [7, 11) is 0. The molecule has 0 aliphatic carbocycles. The number of rotatable bonds is 5. The van der Waals surface area contributed by atoms with Crippen molar-refractivity contribution in [3.05, 3.63) is 70.8 Å². The van der Waals surface area contributed by atoms with Crippen LogP contribution in [0.4, 0.5) is 0 Å². The average Bonchev–Trinajstić information content (AvgIpc) is 2.72. The van der Waals surface area contributed by atoms with Crippen LogP contribution in [-0.4, -0.2) is 35.8 Å². The highest BCUT2D eigenvalue weighted by atomic mass is 16.2. The van der Waals surface area contributed by atoms with Crippen molar-refractivity contribution in [1.82, 2.24) is 10.2 Å². The molecule has 3 rings (SSSR count). The lowest BCUT2D eigenvalue weighted by Gasteiger charge is -2.34. The van der Waals surface area contributed by atoms with Gasteiger partial charge in [-0.05, 0) is 61.9 Å². The molecule has 4 heteroatoms. The van der Waals surface area contributed by atoms with Crippen molar-refractivity contribution in [2.24, 2.45) is 0 Å². The molecule has 2 aromatic carbocycles. The average molecular weight is 379 g/mol. The number of hydrogen-bond acceptors (Lipinski definition) is 2. The van der Waals surface area contributed by atoms with E-state index in [0.29, 0.717) is 18.7 Å². The van der Waals surface area contributed by atoms with Gasteiger partial charge in [-0.25, -0.2) is 0 Å². The molecular formula is C24H30N2O2. The Balaban J connectivity index is 1.55. The summed E-state index contributed by atoms with van der Waals surface area (Å²) in [4.78, 5) is 27.5. The summed E-state index contributed by atoms with van der Waals surface area (Å²) >= 11 is 0. The highest BCUT2D eigenvalue weighted by Crippen LogP contribution is 2.24. The van der Waals surface area contributed by atoms with Gasteiger partial charge < -0.3 is 10.2 Å². The third-order valence-corrected chi connectivity index (χ3v) is 5.82. The molecule has 0 spiro atoms. The summed E-state index contributed by atoms with van der Waals surface area (Å²) in [6.45, 7) is 7.52. The van der Waals surface area contributed by atoms with Crippen molar-refractivity contribution >= 4 is 11.8 Å². The van der Waals surface area contributed by atoms with Crippen molar-refractivity contribution in [3.63, 3.8) is 0 Å². The van der Waals surface area contributed by atoms with Gasteiger partial charge in [0.15, 0.2) is 0 Å². The third kappa shape index (κ3) is 4.61. The van der Waals surface area contributed by atoms with Crippen LogP contribution in [0, 0.1) is 13.8 Å². The maximum absolute atomic E-state index is 13.0. The number of piperidine rings is 1. The quantitative estimate of drug-likeness (QED) is 0.847. The zero-order valence-corrected chi connectivity index (χ0v) is 17.1. The zero-order chi connectivity index (χ0) is 20.1. The van der Waals surface area contributed by atoms with Crippen molar-refractivity contribution in [1.29, 1.82) is 0 Å². The van der Waals surface area contributed by atoms with E-state index >= 15 is 0 Å². The standard InChI is InChI=1S/C24H30N2O2/c1-4-22(19-8-6-5-7-9-19)24(28)26-14-12-21(13-15-26)25-23(27)20-11-10-17(2)18(3)16-20/h5-11,16,21-22H,4,12-15H2,1-3H3,(H,25,27). The minimum absolute atomic E-state index is 0.0244. The molecule has 1 N–H and O–H groups in total. The highest BCUT2D eigenvalue weighted by Gasteiger charge is 2.28. The molecule has 0 saturated carbocycles. The molecule has 28 heavy (non-hydrogen) atoms. The van der Waals surface area contributed by atoms with E-state index in [1.807, 2.05) is 67.3 Å². The number of carbonyl (C=O) groups excluding carboxylic acids is 2. The Kier molecular flexibility index (Phi) is 6.50. The number of hydrogen-bond donors (Lipinski definition) is 1. The van der Waals surface area contributed by atoms with Gasteiger partial charge in [-0.3, -0.25) is 9.59 Å². The fraction of sp³-hybridized carbons (Fsp3) is 0.417. The lowest BCUT2D eigenvalue weighted by Crippen LogP contribution is -2.47. The minimum atomic E-state index is -0.0807. The van der Waals surface area contributed by atoms with Crippen molar-refractivity contribution < 1.29 is 9.59 Å². The Morgan fingerprint density at radius 3 is 2.32 bits per heavy atom. The number of aryl methyl sites for hydroxylation is 2. The van der Waals surface area contributed by atoms with Crippen molar-refractivity contribution in [2.45, 2.75) is 52.0 Å². The van der Waals surface area contributed by atoms with Crippen LogP contribution in [0.5, 0.6) is 0 Å². The normalized spacial score (nSPS) is 15.9. The molecule has 2 amide bonds. The monoisotopic (exact) mass is 378 g/mol. The topological polar surface area (TPSA) is 49.4 Å². The molecule has 2 aromatic rings. The number of carbonyl (C=O) groups is 2. The van der Waals surface area contributed by atoms with Gasteiger partial charge in [0.1, 0.15) is 0 Å². The number of nitrogens with one attached hydrogen (secondary N) is 1. The Morgan fingerprint density at radius 1 is 1.04 bits per heavy atom. The molecular weight excluding hydrogens is 348 g/mol. The molecule has 0 radical (unpaired) electrons. The summed E-state index contributed by atoms with van der Waals surface area (Å²) in [6, 6.07) is 15.9. The van der Waals surface area contributed by atoms with Gasteiger partial charge in [0.25, 0.3) is 5.91 Å². The van der Waals surface area contributed by atoms with Crippen LogP contribution in [0.1, 0.15) is 59.2 Å². The molecule has 1 unspecified atom stereocenters. The van der Waals surface area contributed by atoms with Crippen LogP contribution in [0.25, 0.3) is 0 Å². The number of amides is 2. The van der Waals surface area contributed by atoms with Gasteiger partial charge in [-0.1, -0.05) is 43.3 Å². The van der Waals surface area contributed by atoms with Crippen LogP contribution in [0.2, 0.25) is 0 Å². The lowest BCUT2D eigenvalue weighted by molar-refractivity contribution is -0.134. The van der Waals surface area contributed by atoms with E-state index in [4.69, 9.17) is 0 Å². The highest BCUT2D eigenvalue weighted by molar-refractivity contribution is 5.94. The predicted octanol–water partition coefficient (Wildman–Crippen LogP) is 4.22. The largest absolute Gasteiger partial charge is 0.349 e. The van der Waals surface area contributed by atoms with Gasteiger partial charge >= 0.3 is 0 Å². The number of benzene rings is 2. The molecule has 148 valence electrons. The molecule has 0 aromatic heterocycles. The molecule has 4 nitrogen and oxygen atoms in total. The van der Waals surface area contributed by atoms with Crippen LogP contribution < -0.4 is 5.32 Å². The summed E-state index contributed by atoms with van der Waals surface area (Å²) in [5, 5.41) is 3.14. The Morgan fingerprint density at radius 2 is 1.71 bits per heavy atom. The minimum Gasteiger partial charge on any atom is -0.349 e. The molecule has 1 aliphatic rings. The zero-order valence-electron chi connectivity index (χ0n) is 17.1. The van der Waals surface area contributed by atoms with Crippen LogP contribution >= 0.6 is 0 Å². The first kappa shape index (κ1) is 20.1. The van der Waals surface area contributed by atoms with Crippen molar-refractivity contribution in [2.75, 3.05) is 13.1 Å².